The number of aromatic nitrogens is 3. The molecular weight excluding hydrogens is 412 g/mol. The standard InChI is InChI=1S/C24H21ClN4O2/c1-16-7-11-18(12-8-16)22-27-24(26-15-17-9-13-19(31-2)14-10-17)29(28-22)23(30)20-5-3-4-6-21(20)25/h3-14H,15H2,1-2H3,(H,26,27,28). The average Bonchev–Trinajstić information content (AvgIpc) is 3.22. The lowest BCUT2D eigenvalue weighted by molar-refractivity contribution is 0.0947. The highest BCUT2D eigenvalue weighted by Crippen LogP contribution is 2.22. The smallest absolute Gasteiger partial charge is 0.282 e. The number of anilines is 1. The Morgan fingerprint density at radius 1 is 1.03 bits per heavy atom. The number of nitrogens with zero attached hydrogens (tertiary/aromatic N) is 3. The van der Waals surface area contributed by atoms with Gasteiger partial charge in [0.15, 0.2) is 5.82 Å². The number of halogens is 1. The van der Waals surface area contributed by atoms with Gasteiger partial charge in [0.2, 0.25) is 5.95 Å². The van der Waals surface area contributed by atoms with Gasteiger partial charge in [0, 0.05) is 12.1 Å². The number of nitrogens with one attached hydrogen (secondary N) is 1. The second-order valence-electron chi connectivity index (χ2n) is 7.02. The molecule has 3 aromatic carbocycles. The third-order valence-electron chi connectivity index (χ3n) is 4.82. The molecule has 0 bridgehead atoms. The van der Waals surface area contributed by atoms with Crippen LogP contribution in [-0.4, -0.2) is 27.8 Å². The van der Waals surface area contributed by atoms with Crippen LogP contribution in [0, 0.1) is 6.92 Å². The van der Waals surface area contributed by atoms with Crippen LogP contribution in [-0.2, 0) is 6.54 Å². The molecule has 0 aliphatic heterocycles. The van der Waals surface area contributed by atoms with Gasteiger partial charge in [-0.25, -0.2) is 0 Å². The van der Waals surface area contributed by atoms with E-state index in [0.717, 1.165) is 22.4 Å². The highest BCUT2D eigenvalue weighted by molar-refractivity contribution is 6.33. The Balaban J connectivity index is 1.68. The summed E-state index contributed by atoms with van der Waals surface area (Å²) in [5, 5.41) is 8.07. The molecule has 0 radical (unpaired) electrons. The molecule has 4 aromatic rings. The Bertz CT molecular complexity index is 1200. The first kappa shape index (κ1) is 20.6. The lowest BCUT2D eigenvalue weighted by atomic mass is 10.1. The lowest BCUT2D eigenvalue weighted by Gasteiger charge is -2.08. The largest absolute Gasteiger partial charge is 0.497 e. The number of carbonyl (C=O) groups excluding carboxylic acids is 1. The van der Waals surface area contributed by atoms with Crippen molar-refractivity contribution in [3.05, 3.63) is 94.5 Å². The predicted molar refractivity (Wildman–Crippen MR) is 122 cm³/mol. The molecule has 0 atom stereocenters. The van der Waals surface area contributed by atoms with Crippen molar-refractivity contribution >= 4 is 23.5 Å². The maximum absolute atomic E-state index is 13.2. The Hall–Kier alpha value is -3.64. The van der Waals surface area contributed by atoms with E-state index in [0.29, 0.717) is 28.9 Å². The third-order valence-corrected chi connectivity index (χ3v) is 5.15. The number of methoxy groups -OCH3 is 1. The van der Waals surface area contributed by atoms with Crippen LogP contribution in [0.5, 0.6) is 5.75 Å². The van der Waals surface area contributed by atoms with Crippen LogP contribution < -0.4 is 10.1 Å². The minimum atomic E-state index is -0.353. The molecular formula is C24H21ClN4O2. The summed E-state index contributed by atoms with van der Waals surface area (Å²) in [7, 11) is 1.63. The van der Waals surface area contributed by atoms with Gasteiger partial charge >= 0.3 is 0 Å². The molecule has 0 aliphatic rings. The molecule has 0 amide bonds. The lowest BCUT2D eigenvalue weighted by Crippen LogP contribution is -2.18. The first-order valence-electron chi connectivity index (χ1n) is 9.75. The summed E-state index contributed by atoms with van der Waals surface area (Å²) in [6.07, 6.45) is 0. The topological polar surface area (TPSA) is 69.0 Å². The van der Waals surface area contributed by atoms with E-state index in [1.807, 2.05) is 55.5 Å². The average molecular weight is 433 g/mol. The van der Waals surface area contributed by atoms with E-state index in [1.165, 1.54) is 4.68 Å². The Labute approximate surface area is 185 Å². The van der Waals surface area contributed by atoms with Crippen molar-refractivity contribution in [3.63, 3.8) is 0 Å². The molecule has 0 saturated carbocycles. The highest BCUT2D eigenvalue weighted by atomic mass is 35.5. The molecule has 0 unspecified atom stereocenters. The molecule has 1 N–H and O–H groups in total. The van der Waals surface area contributed by atoms with Crippen molar-refractivity contribution in [3.8, 4) is 17.1 Å². The van der Waals surface area contributed by atoms with E-state index in [2.05, 4.69) is 15.4 Å². The molecule has 0 fully saturated rings. The molecule has 4 rings (SSSR count). The first-order valence-corrected chi connectivity index (χ1v) is 10.1. The second-order valence-corrected chi connectivity index (χ2v) is 7.43. The quantitative estimate of drug-likeness (QED) is 0.452. The second kappa shape index (κ2) is 9.02. The summed E-state index contributed by atoms with van der Waals surface area (Å²) < 4.78 is 6.46. The zero-order valence-electron chi connectivity index (χ0n) is 17.2. The van der Waals surface area contributed by atoms with Crippen molar-refractivity contribution in [2.45, 2.75) is 13.5 Å². The fourth-order valence-electron chi connectivity index (χ4n) is 3.07. The summed E-state index contributed by atoms with van der Waals surface area (Å²) in [4.78, 5) is 17.8. The van der Waals surface area contributed by atoms with Crippen molar-refractivity contribution < 1.29 is 9.53 Å². The monoisotopic (exact) mass is 432 g/mol. The van der Waals surface area contributed by atoms with E-state index < -0.39 is 0 Å². The maximum Gasteiger partial charge on any atom is 0.282 e. The Morgan fingerprint density at radius 2 is 1.74 bits per heavy atom. The summed E-state index contributed by atoms with van der Waals surface area (Å²) >= 11 is 6.25. The van der Waals surface area contributed by atoms with E-state index >= 15 is 0 Å². The van der Waals surface area contributed by atoms with Crippen LogP contribution >= 0.6 is 11.6 Å². The summed E-state index contributed by atoms with van der Waals surface area (Å²) in [6.45, 7) is 2.48. The normalized spacial score (nSPS) is 10.7. The van der Waals surface area contributed by atoms with Gasteiger partial charge in [0.25, 0.3) is 5.91 Å². The zero-order chi connectivity index (χ0) is 21.8. The van der Waals surface area contributed by atoms with Gasteiger partial charge in [-0.05, 0) is 36.8 Å². The molecule has 0 aliphatic carbocycles. The molecule has 7 heteroatoms. The van der Waals surface area contributed by atoms with Crippen molar-refractivity contribution in [1.29, 1.82) is 0 Å². The molecule has 6 nitrogen and oxygen atoms in total. The van der Waals surface area contributed by atoms with E-state index in [4.69, 9.17) is 16.3 Å². The van der Waals surface area contributed by atoms with Gasteiger partial charge in [-0.3, -0.25) is 4.79 Å². The van der Waals surface area contributed by atoms with E-state index in [1.54, 1.807) is 31.4 Å². The van der Waals surface area contributed by atoms with Gasteiger partial charge in [-0.15, -0.1) is 5.10 Å². The molecule has 156 valence electrons. The predicted octanol–water partition coefficient (Wildman–Crippen LogP) is 5.22. The maximum atomic E-state index is 13.2. The molecule has 1 aromatic heterocycles. The van der Waals surface area contributed by atoms with Crippen LogP contribution in [0.1, 0.15) is 21.5 Å². The molecule has 31 heavy (non-hydrogen) atoms. The fourth-order valence-corrected chi connectivity index (χ4v) is 3.28. The van der Waals surface area contributed by atoms with Crippen LogP contribution in [0.2, 0.25) is 5.02 Å². The summed E-state index contributed by atoms with van der Waals surface area (Å²) in [6, 6.07) is 22.4. The number of hydrogen-bond acceptors (Lipinski definition) is 5. The highest BCUT2D eigenvalue weighted by Gasteiger charge is 2.20. The van der Waals surface area contributed by atoms with Crippen LogP contribution in [0.15, 0.2) is 72.8 Å². The SMILES string of the molecule is COc1ccc(CNc2nc(-c3ccc(C)cc3)nn2C(=O)c2ccccc2Cl)cc1. The van der Waals surface area contributed by atoms with Crippen LogP contribution in [0.3, 0.4) is 0 Å². The number of benzene rings is 3. The number of ether oxygens (including phenoxy) is 1. The van der Waals surface area contributed by atoms with Crippen LogP contribution in [0.25, 0.3) is 11.4 Å². The van der Waals surface area contributed by atoms with Gasteiger partial charge < -0.3 is 10.1 Å². The van der Waals surface area contributed by atoms with Gasteiger partial charge in [0.1, 0.15) is 5.75 Å². The van der Waals surface area contributed by atoms with Crippen molar-refractivity contribution in [2.24, 2.45) is 0 Å². The molecule has 0 saturated heterocycles. The first-order chi connectivity index (χ1) is 15.0. The van der Waals surface area contributed by atoms with Gasteiger partial charge in [-0.1, -0.05) is 65.7 Å². The fraction of sp³-hybridized carbons (Fsp3) is 0.125. The molecule has 1 heterocycles. The number of hydrogen-bond donors (Lipinski definition) is 1. The summed E-state index contributed by atoms with van der Waals surface area (Å²) in [5.74, 6) is 1.23. The van der Waals surface area contributed by atoms with E-state index in [-0.39, 0.29) is 5.91 Å². The minimum Gasteiger partial charge on any atom is -0.497 e. The van der Waals surface area contributed by atoms with Gasteiger partial charge in [0.05, 0.1) is 17.7 Å². The number of aryl methyl sites for hydroxylation is 1. The van der Waals surface area contributed by atoms with Crippen molar-refractivity contribution in [2.75, 3.05) is 12.4 Å². The Kier molecular flexibility index (Phi) is 6.00. The third kappa shape index (κ3) is 4.59. The summed E-state index contributed by atoms with van der Waals surface area (Å²) in [5.41, 5.74) is 3.33. The molecule has 0 spiro atoms. The van der Waals surface area contributed by atoms with Gasteiger partial charge in [-0.2, -0.15) is 9.67 Å². The number of carbonyl (C=O) groups is 1. The number of rotatable bonds is 6. The van der Waals surface area contributed by atoms with Crippen LogP contribution in [0.4, 0.5) is 5.95 Å². The Morgan fingerprint density at radius 3 is 2.42 bits per heavy atom. The zero-order valence-corrected chi connectivity index (χ0v) is 17.9. The van der Waals surface area contributed by atoms with Crippen molar-refractivity contribution in [1.82, 2.24) is 14.8 Å². The minimum absolute atomic E-state index is 0.344. The van der Waals surface area contributed by atoms with E-state index in [9.17, 15) is 4.79 Å².